The highest BCUT2D eigenvalue weighted by Crippen LogP contribution is 2.49. The number of rotatable bonds is 6. The van der Waals surface area contributed by atoms with Gasteiger partial charge in [-0.2, -0.15) is 0 Å². The molecule has 0 spiro atoms. The summed E-state index contributed by atoms with van der Waals surface area (Å²) in [5.74, 6) is 0. The quantitative estimate of drug-likeness (QED) is 0.674. The molecule has 0 aliphatic heterocycles. The third-order valence-corrected chi connectivity index (χ3v) is 6.92. The van der Waals surface area contributed by atoms with Crippen LogP contribution in [0.5, 0.6) is 0 Å². The zero-order valence-electron chi connectivity index (χ0n) is 15.6. The summed E-state index contributed by atoms with van der Waals surface area (Å²) in [6.45, 7) is 0.590. The minimum atomic E-state index is -3.18. The Labute approximate surface area is 156 Å². The highest BCUT2D eigenvalue weighted by Gasteiger charge is 2.27. The molecule has 138 valence electrons. The van der Waals surface area contributed by atoms with Gasteiger partial charge in [-0.1, -0.05) is 54.6 Å². The first kappa shape index (κ1) is 19.1. The Bertz CT molecular complexity index is 789. The summed E-state index contributed by atoms with van der Waals surface area (Å²) in [5, 5.41) is 0. The van der Waals surface area contributed by atoms with Gasteiger partial charge in [0.2, 0.25) is 0 Å². The molecule has 0 radical (unpaired) electrons. The maximum Gasteiger partial charge on any atom is 0.407 e. The van der Waals surface area contributed by atoms with Crippen LogP contribution in [0.2, 0.25) is 0 Å². The highest BCUT2D eigenvalue weighted by atomic mass is 31.2. The largest absolute Gasteiger partial charge is 0.407 e. The van der Waals surface area contributed by atoms with Crippen molar-refractivity contribution in [3.8, 4) is 0 Å². The van der Waals surface area contributed by atoms with Crippen LogP contribution < -0.4 is 0 Å². The van der Waals surface area contributed by atoms with Crippen LogP contribution in [0, 0.1) is 0 Å². The molecule has 0 atom stereocenters. The fourth-order valence-electron chi connectivity index (χ4n) is 3.51. The third-order valence-electron chi connectivity index (χ3n) is 4.96. The van der Waals surface area contributed by atoms with Crippen molar-refractivity contribution in [2.45, 2.75) is 19.3 Å². The molecule has 0 amide bonds. The van der Waals surface area contributed by atoms with Crippen molar-refractivity contribution in [1.82, 2.24) is 4.67 Å². The molecular formula is C21H26NO3P. The fourth-order valence-corrected chi connectivity index (χ4v) is 4.57. The van der Waals surface area contributed by atoms with Gasteiger partial charge in [0.1, 0.15) is 0 Å². The summed E-state index contributed by atoms with van der Waals surface area (Å²) < 4.78 is 24.2. The van der Waals surface area contributed by atoms with E-state index in [-0.39, 0.29) is 0 Å². The lowest BCUT2D eigenvalue weighted by molar-refractivity contribution is 0.222. The first-order valence-electron chi connectivity index (χ1n) is 8.89. The minimum absolute atomic E-state index is 0.590. The molecule has 0 N–H and O–H groups in total. The molecule has 2 aromatic rings. The molecule has 26 heavy (non-hydrogen) atoms. The molecule has 3 rings (SSSR count). The highest BCUT2D eigenvalue weighted by molar-refractivity contribution is 7.51. The Morgan fingerprint density at radius 3 is 1.96 bits per heavy atom. The molecule has 4 nitrogen and oxygen atoms in total. The predicted octanol–water partition coefficient (Wildman–Crippen LogP) is 4.94. The summed E-state index contributed by atoms with van der Waals surface area (Å²) in [6.07, 6.45) is 5.10. The number of aryl methyl sites for hydroxylation is 2. The first-order valence-corrected chi connectivity index (χ1v) is 10.4. The van der Waals surface area contributed by atoms with Gasteiger partial charge in [-0.3, -0.25) is 9.05 Å². The average Bonchev–Trinajstić information content (AvgIpc) is 2.84. The second-order valence-electron chi connectivity index (χ2n) is 6.44. The van der Waals surface area contributed by atoms with Gasteiger partial charge in [0, 0.05) is 20.8 Å². The van der Waals surface area contributed by atoms with Crippen LogP contribution in [-0.4, -0.2) is 32.5 Å². The number of hydrogen-bond donors (Lipinski definition) is 0. The third kappa shape index (κ3) is 3.84. The van der Waals surface area contributed by atoms with E-state index < -0.39 is 7.75 Å². The van der Waals surface area contributed by atoms with Crippen molar-refractivity contribution < 1.29 is 13.6 Å². The smallest absolute Gasteiger partial charge is 0.300 e. The molecule has 5 heteroatoms. The Morgan fingerprint density at radius 1 is 0.962 bits per heavy atom. The van der Waals surface area contributed by atoms with Crippen molar-refractivity contribution in [1.29, 1.82) is 0 Å². The van der Waals surface area contributed by atoms with Crippen LogP contribution in [-0.2, 0) is 26.5 Å². The first-order chi connectivity index (χ1) is 12.6. The Balaban J connectivity index is 1.91. The summed E-state index contributed by atoms with van der Waals surface area (Å²) in [5.41, 5.74) is 6.60. The van der Waals surface area contributed by atoms with Crippen LogP contribution >= 0.6 is 7.75 Å². The topological polar surface area (TPSA) is 38.8 Å². The van der Waals surface area contributed by atoms with Crippen molar-refractivity contribution in [2.24, 2.45) is 0 Å². The van der Waals surface area contributed by atoms with E-state index >= 15 is 0 Å². The van der Waals surface area contributed by atoms with Gasteiger partial charge in [-0.25, -0.2) is 9.24 Å². The second kappa shape index (κ2) is 8.32. The molecule has 0 heterocycles. The molecule has 2 aromatic carbocycles. The normalized spacial score (nSPS) is 13.9. The maximum atomic E-state index is 12.4. The van der Waals surface area contributed by atoms with E-state index in [0.29, 0.717) is 6.54 Å². The van der Waals surface area contributed by atoms with Crippen LogP contribution in [0.15, 0.2) is 54.6 Å². The minimum Gasteiger partial charge on any atom is -0.300 e. The Morgan fingerprint density at radius 2 is 1.46 bits per heavy atom. The van der Waals surface area contributed by atoms with Gasteiger partial charge < -0.3 is 0 Å². The monoisotopic (exact) mass is 371 g/mol. The van der Waals surface area contributed by atoms with E-state index in [9.17, 15) is 4.57 Å². The lowest BCUT2D eigenvalue weighted by Gasteiger charge is -2.23. The Hall–Kier alpha value is -1.71. The van der Waals surface area contributed by atoms with E-state index in [1.54, 1.807) is 11.7 Å². The SMILES string of the molecule is COP(=O)(OC)N(C)CCC=C1c2ccccc2CCc2ccccc21. The zero-order valence-corrected chi connectivity index (χ0v) is 16.5. The molecule has 0 aromatic heterocycles. The lowest BCUT2D eigenvalue weighted by atomic mass is 9.93. The van der Waals surface area contributed by atoms with Crippen molar-refractivity contribution in [3.05, 3.63) is 76.9 Å². The van der Waals surface area contributed by atoms with Crippen LogP contribution in [0.1, 0.15) is 28.7 Å². The standard InChI is InChI=1S/C21H26NO3P/c1-22(26(23,24-2)25-3)16-8-13-21-19-11-6-4-9-17(19)14-15-18-10-5-7-12-20(18)21/h4-7,9-13H,8,14-16H2,1-3H3. The molecule has 0 saturated heterocycles. The van der Waals surface area contributed by atoms with Crippen LogP contribution in [0.3, 0.4) is 0 Å². The molecule has 0 bridgehead atoms. The molecule has 0 fully saturated rings. The molecule has 0 unspecified atom stereocenters. The lowest BCUT2D eigenvalue weighted by Crippen LogP contribution is -2.18. The van der Waals surface area contributed by atoms with Gasteiger partial charge in [0.25, 0.3) is 0 Å². The van der Waals surface area contributed by atoms with Gasteiger partial charge >= 0.3 is 7.75 Å². The molecular weight excluding hydrogens is 345 g/mol. The van der Waals surface area contributed by atoms with Gasteiger partial charge in [-0.15, -0.1) is 0 Å². The van der Waals surface area contributed by atoms with Crippen LogP contribution in [0.4, 0.5) is 0 Å². The number of benzene rings is 2. The maximum absolute atomic E-state index is 12.4. The molecule has 0 saturated carbocycles. The van der Waals surface area contributed by atoms with E-state index in [2.05, 4.69) is 54.6 Å². The van der Waals surface area contributed by atoms with E-state index in [0.717, 1.165) is 19.3 Å². The molecule has 1 aliphatic carbocycles. The Kier molecular flexibility index (Phi) is 6.10. The average molecular weight is 371 g/mol. The van der Waals surface area contributed by atoms with E-state index in [1.165, 1.54) is 42.0 Å². The fraction of sp³-hybridized carbons (Fsp3) is 0.333. The number of nitrogens with zero attached hydrogens (tertiary/aromatic N) is 1. The predicted molar refractivity (Wildman–Crippen MR) is 106 cm³/mol. The molecule has 1 aliphatic rings. The van der Waals surface area contributed by atoms with Crippen molar-refractivity contribution >= 4 is 13.3 Å². The summed E-state index contributed by atoms with van der Waals surface area (Å²) >= 11 is 0. The van der Waals surface area contributed by atoms with Gasteiger partial charge in [0.05, 0.1) is 0 Å². The van der Waals surface area contributed by atoms with Gasteiger partial charge in [-0.05, 0) is 54.1 Å². The second-order valence-corrected chi connectivity index (χ2v) is 8.79. The summed E-state index contributed by atoms with van der Waals surface area (Å²) in [7, 11) is 1.41. The summed E-state index contributed by atoms with van der Waals surface area (Å²) in [4.78, 5) is 0. The van der Waals surface area contributed by atoms with E-state index in [4.69, 9.17) is 9.05 Å². The van der Waals surface area contributed by atoms with Crippen molar-refractivity contribution in [3.63, 3.8) is 0 Å². The van der Waals surface area contributed by atoms with E-state index in [1.807, 2.05) is 0 Å². The van der Waals surface area contributed by atoms with Gasteiger partial charge in [0.15, 0.2) is 0 Å². The van der Waals surface area contributed by atoms with Crippen molar-refractivity contribution in [2.75, 3.05) is 27.8 Å². The number of fused-ring (bicyclic) bond motifs is 2. The summed E-state index contributed by atoms with van der Waals surface area (Å²) in [6, 6.07) is 17.2. The number of hydrogen-bond acceptors (Lipinski definition) is 3. The van der Waals surface area contributed by atoms with Crippen LogP contribution in [0.25, 0.3) is 5.57 Å². The zero-order chi connectivity index (χ0) is 18.6.